The monoisotopic (exact) mass is 241 g/mol. The molecular formula is C16H19NO. The van der Waals surface area contributed by atoms with Gasteiger partial charge in [0.1, 0.15) is 5.75 Å². The van der Waals surface area contributed by atoms with Crippen LogP contribution in [0, 0.1) is 5.41 Å². The fraction of sp³-hybridized carbons (Fsp3) is 0.375. The smallest absolute Gasteiger partial charge is 0.123 e. The molecule has 2 aromatic carbocycles. The van der Waals surface area contributed by atoms with Gasteiger partial charge in [0.25, 0.3) is 0 Å². The van der Waals surface area contributed by atoms with E-state index in [0.717, 1.165) is 5.75 Å². The normalized spacial score (nSPS) is 25.1. The van der Waals surface area contributed by atoms with Gasteiger partial charge in [-0.25, -0.2) is 0 Å². The van der Waals surface area contributed by atoms with Crippen molar-refractivity contribution in [1.82, 2.24) is 0 Å². The van der Waals surface area contributed by atoms with Crippen molar-refractivity contribution in [3.63, 3.8) is 0 Å². The maximum absolute atomic E-state index is 6.24. The Morgan fingerprint density at radius 2 is 1.78 bits per heavy atom. The number of rotatable bonds is 2. The molecule has 2 heteroatoms. The third-order valence-electron chi connectivity index (χ3n) is 4.37. The molecule has 0 aromatic heterocycles. The van der Waals surface area contributed by atoms with Gasteiger partial charge in [0, 0.05) is 17.5 Å². The van der Waals surface area contributed by atoms with Crippen LogP contribution in [0.1, 0.15) is 25.3 Å². The third kappa shape index (κ3) is 1.45. The van der Waals surface area contributed by atoms with Gasteiger partial charge in [0.05, 0.1) is 7.11 Å². The van der Waals surface area contributed by atoms with Gasteiger partial charge in [-0.15, -0.1) is 0 Å². The first kappa shape index (κ1) is 11.5. The van der Waals surface area contributed by atoms with E-state index in [-0.39, 0.29) is 11.5 Å². The molecular weight excluding hydrogens is 222 g/mol. The zero-order valence-electron chi connectivity index (χ0n) is 11.1. The predicted molar refractivity (Wildman–Crippen MR) is 75.0 cm³/mol. The largest absolute Gasteiger partial charge is 0.496 e. The number of fused-ring (bicyclic) bond motifs is 1. The fourth-order valence-electron chi connectivity index (χ4n) is 3.00. The highest BCUT2D eigenvalue weighted by atomic mass is 16.5. The second-order valence-electron chi connectivity index (χ2n) is 5.73. The Hall–Kier alpha value is -1.54. The quantitative estimate of drug-likeness (QED) is 0.875. The topological polar surface area (TPSA) is 35.2 Å². The number of benzene rings is 2. The molecule has 18 heavy (non-hydrogen) atoms. The molecule has 0 bridgehead atoms. The van der Waals surface area contributed by atoms with Crippen molar-refractivity contribution in [3.8, 4) is 5.75 Å². The summed E-state index contributed by atoms with van der Waals surface area (Å²) in [5, 5.41) is 2.52. The van der Waals surface area contributed by atoms with Crippen LogP contribution in [0.4, 0.5) is 0 Å². The molecule has 0 radical (unpaired) electrons. The van der Waals surface area contributed by atoms with E-state index in [9.17, 15) is 0 Å². The molecule has 1 aliphatic carbocycles. The van der Waals surface area contributed by atoms with E-state index >= 15 is 0 Å². The van der Waals surface area contributed by atoms with Gasteiger partial charge in [-0.2, -0.15) is 0 Å². The van der Waals surface area contributed by atoms with Gasteiger partial charge in [0.15, 0.2) is 0 Å². The SMILES string of the molecule is COc1ccc2ccccc2c1[C@@H]1[C@@H](N)C1(C)C. The molecule has 0 heterocycles. The molecule has 0 aliphatic heterocycles. The van der Waals surface area contributed by atoms with E-state index < -0.39 is 0 Å². The third-order valence-corrected chi connectivity index (χ3v) is 4.37. The summed E-state index contributed by atoms with van der Waals surface area (Å²) in [6, 6.07) is 12.8. The minimum Gasteiger partial charge on any atom is -0.496 e. The Morgan fingerprint density at radius 1 is 1.11 bits per heavy atom. The lowest BCUT2D eigenvalue weighted by Gasteiger charge is -2.13. The lowest BCUT2D eigenvalue weighted by atomic mass is 9.96. The van der Waals surface area contributed by atoms with Crippen LogP contribution in [0.3, 0.4) is 0 Å². The van der Waals surface area contributed by atoms with Crippen LogP contribution >= 0.6 is 0 Å². The lowest BCUT2D eigenvalue weighted by molar-refractivity contribution is 0.408. The van der Waals surface area contributed by atoms with E-state index in [2.05, 4.69) is 50.2 Å². The zero-order valence-corrected chi connectivity index (χ0v) is 11.1. The summed E-state index contributed by atoms with van der Waals surface area (Å²) in [5.74, 6) is 1.35. The number of ether oxygens (including phenoxy) is 1. The first-order valence-electron chi connectivity index (χ1n) is 6.38. The van der Waals surface area contributed by atoms with Crippen LogP contribution in [0.2, 0.25) is 0 Å². The Kier molecular flexibility index (Phi) is 2.39. The van der Waals surface area contributed by atoms with Crippen molar-refractivity contribution in [2.24, 2.45) is 11.1 Å². The summed E-state index contributed by atoms with van der Waals surface area (Å²) in [6.45, 7) is 4.45. The maximum Gasteiger partial charge on any atom is 0.123 e. The van der Waals surface area contributed by atoms with Crippen LogP contribution in [-0.2, 0) is 0 Å². The van der Waals surface area contributed by atoms with E-state index in [1.165, 1.54) is 16.3 Å². The average molecular weight is 241 g/mol. The van der Waals surface area contributed by atoms with Crippen molar-refractivity contribution >= 4 is 10.8 Å². The van der Waals surface area contributed by atoms with Gasteiger partial charge >= 0.3 is 0 Å². The lowest BCUT2D eigenvalue weighted by Crippen LogP contribution is -2.06. The summed E-state index contributed by atoms with van der Waals surface area (Å²) >= 11 is 0. The van der Waals surface area contributed by atoms with Crippen LogP contribution in [-0.4, -0.2) is 13.2 Å². The van der Waals surface area contributed by atoms with E-state index in [0.29, 0.717) is 5.92 Å². The number of hydrogen-bond donors (Lipinski definition) is 1. The van der Waals surface area contributed by atoms with E-state index in [1.807, 2.05) is 0 Å². The maximum atomic E-state index is 6.24. The van der Waals surface area contributed by atoms with Crippen LogP contribution in [0.15, 0.2) is 36.4 Å². The molecule has 1 saturated carbocycles. The van der Waals surface area contributed by atoms with Crippen molar-refractivity contribution in [2.45, 2.75) is 25.8 Å². The molecule has 1 fully saturated rings. The number of hydrogen-bond acceptors (Lipinski definition) is 2. The van der Waals surface area contributed by atoms with Gasteiger partial charge in [-0.05, 0) is 22.3 Å². The van der Waals surface area contributed by atoms with Gasteiger partial charge < -0.3 is 10.5 Å². The van der Waals surface area contributed by atoms with E-state index in [1.54, 1.807) is 7.11 Å². The standard InChI is InChI=1S/C16H19NO/c1-16(2)14(15(16)17)13-11-7-5-4-6-10(11)8-9-12(13)18-3/h4-9,14-15H,17H2,1-3H3/t14-,15-/m1/s1. The van der Waals surface area contributed by atoms with E-state index in [4.69, 9.17) is 10.5 Å². The van der Waals surface area contributed by atoms with Gasteiger partial charge in [-0.1, -0.05) is 44.2 Å². The summed E-state index contributed by atoms with van der Waals surface area (Å²) in [6.07, 6.45) is 0. The molecule has 0 unspecified atom stereocenters. The van der Waals surface area contributed by atoms with Gasteiger partial charge in [0.2, 0.25) is 0 Å². The summed E-state index contributed by atoms with van der Waals surface area (Å²) in [7, 11) is 1.73. The molecule has 1 aliphatic rings. The summed E-state index contributed by atoms with van der Waals surface area (Å²) < 4.78 is 5.54. The zero-order chi connectivity index (χ0) is 12.9. The number of nitrogens with two attached hydrogens (primary N) is 1. The Bertz CT molecular complexity index is 603. The minimum absolute atomic E-state index is 0.164. The Labute approximate surface area is 108 Å². The van der Waals surface area contributed by atoms with Crippen LogP contribution in [0.5, 0.6) is 5.75 Å². The highest BCUT2D eigenvalue weighted by molar-refractivity contribution is 5.89. The highest BCUT2D eigenvalue weighted by Gasteiger charge is 2.57. The second kappa shape index (κ2) is 3.72. The fourth-order valence-corrected chi connectivity index (χ4v) is 3.00. The molecule has 2 nitrogen and oxygen atoms in total. The molecule has 2 N–H and O–H groups in total. The Balaban J connectivity index is 2.26. The average Bonchev–Trinajstić information content (AvgIpc) is 2.87. The van der Waals surface area contributed by atoms with Crippen LogP contribution in [0.25, 0.3) is 10.8 Å². The molecule has 0 amide bonds. The second-order valence-corrected chi connectivity index (χ2v) is 5.73. The summed E-state index contributed by atoms with van der Waals surface area (Å²) in [4.78, 5) is 0. The highest BCUT2D eigenvalue weighted by Crippen LogP contribution is 2.60. The first-order valence-corrected chi connectivity index (χ1v) is 6.38. The Morgan fingerprint density at radius 3 is 2.39 bits per heavy atom. The molecule has 2 aromatic rings. The molecule has 0 saturated heterocycles. The number of methoxy groups -OCH3 is 1. The predicted octanol–water partition coefficient (Wildman–Crippen LogP) is 3.30. The summed E-state index contributed by atoms with van der Waals surface area (Å²) in [5.41, 5.74) is 7.67. The van der Waals surface area contributed by atoms with Gasteiger partial charge in [-0.3, -0.25) is 0 Å². The molecule has 0 spiro atoms. The first-order chi connectivity index (χ1) is 8.57. The van der Waals surface area contributed by atoms with Crippen LogP contribution < -0.4 is 10.5 Å². The minimum atomic E-state index is 0.164. The van der Waals surface area contributed by atoms with Crippen molar-refractivity contribution in [3.05, 3.63) is 42.0 Å². The molecule has 2 atom stereocenters. The molecule has 94 valence electrons. The molecule has 3 rings (SSSR count). The van der Waals surface area contributed by atoms with Crippen molar-refractivity contribution in [2.75, 3.05) is 7.11 Å². The van der Waals surface area contributed by atoms with Crippen molar-refractivity contribution in [1.29, 1.82) is 0 Å². The van der Waals surface area contributed by atoms with Crippen molar-refractivity contribution < 1.29 is 4.74 Å².